The lowest BCUT2D eigenvalue weighted by Gasteiger charge is -2.13. The predicted octanol–water partition coefficient (Wildman–Crippen LogP) is 4.81. The van der Waals surface area contributed by atoms with Crippen LogP contribution < -0.4 is 5.32 Å². The quantitative estimate of drug-likeness (QED) is 0.630. The van der Waals surface area contributed by atoms with Crippen molar-refractivity contribution >= 4 is 40.2 Å². The van der Waals surface area contributed by atoms with Gasteiger partial charge in [0, 0.05) is 17.7 Å². The Labute approximate surface area is 140 Å². The minimum Gasteiger partial charge on any atom is -0.369 e. The molecule has 1 N–H and O–H groups in total. The van der Waals surface area contributed by atoms with Crippen molar-refractivity contribution in [3.8, 4) is 0 Å². The number of halogens is 1. The van der Waals surface area contributed by atoms with Crippen molar-refractivity contribution in [1.82, 2.24) is 9.97 Å². The molecular weight excluding hydrogens is 381 g/mol. The fourth-order valence-electron chi connectivity index (χ4n) is 1.90. The standard InChI is InChI=1S/C15H24IN3S/c1-4-8-17-15-13(16)14(11-6-7-11)18-12(19-15)9-20-10(3)5-2/h10-11H,4-9H2,1-3H3,(H,17,18,19). The Kier molecular flexibility index (Phi) is 6.39. The Morgan fingerprint density at radius 1 is 1.35 bits per heavy atom. The second-order valence-corrected chi connectivity index (χ2v) is 7.92. The summed E-state index contributed by atoms with van der Waals surface area (Å²) in [4.78, 5) is 9.57. The fourth-order valence-corrected chi connectivity index (χ4v) is 3.57. The van der Waals surface area contributed by atoms with E-state index in [1.54, 1.807) is 0 Å². The van der Waals surface area contributed by atoms with Crippen LogP contribution in [0.1, 0.15) is 63.9 Å². The van der Waals surface area contributed by atoms with E-state index in [1.807, 2.05) is 11.8 Å². The number of hydrogen-bond donors (Lipinski definition) is 1. The summed E-state index contributed by atoms with van der Waals surface area (Å²) in [5.74, 6) is 3.65. The Hall–Kier alpha value is -0.0400. The minimum atomic E-state index is 0.675. The highest BCUT2D eigenvalue weighted by Crippen LogP contribution is 2.42. The van der Waals surface area contributed by atoms with Crippen LogP contribution in [-0.2, 0) is 5.75 Å². The molecule has 0 aliphatic heterocycles. The highest BCUT2D eigenvalue weighted by atomic mass is 127. The second-order valence-electron chi connectivity index (χ2n) is 5.42. The first-order valence-electron chi connectivity index (χ1n) is 7.57. The SMILES string of the molecule is CCCNc1nc(CSC(C)CC)nc(C2CC2)c1I. The molecule has 1 aromatic rings. The smallest absolute Gasteiger partial charge is 0.143 e. The molecule has 1 aromatic heterocycles. The third-order valence-corrected chi connectivity index (χ3v) is 5.89. The van der Waals surface area contributed by atoms with Crippen molar-refractivity contribution in [2.75, 3.05) is 11.9 Å². The number of hydrogen-bond acceptors (Lipinski definition) is 4. The molecule has 112 valence electrons. The summed E-state index contributed by atoms with van der Waals surface area (Å²) in [7, 11) is 0. The van der Waals surface area contributed by atoms with Gasteiger partial charge in [0.2, 0.25) is 0 Å². The highest BCUT2D eigenvalue weighted by molar-refractivity contribution is 14.1. The Balaban J connectivity index is 2.15. The summed E-state index contributed by atoms with van der Waals surface area (Å²) in [6.45, 7) is 7.67. The van der Waals surface area contributed by atoms with Gasteiger partial charge in [-0.2, -0.15) is 11.8 Å². The largest absolute Gasteiger partial charge is 0.369 e. The molecule has 1 heterocycles. The number of nitrogens with one attached hydrogen (secondary N) is 1. The fraction of sp³-hybridized carbons (Fsp3) is 0.733. The van der Waals surface area contributed by atoms with Gasteiger partial charge in [-0.3, -0.25) is 0 Å². The average Bonchev–Trinajstić information content (AvgIpc) is 3.28. The summed E-state index contributed by atoms with van der Waals surface area (Å²) in [6.07, 6.45) is 4.90. The first-order chi connectivity index (χ1) is 9.65. The molecule has 0 spiro atoms. The van der Waals surface area contributed by atoms with E-state index in [0.29, 0.717) is 11.2 Å². The monoisotopic (exact) mass is 405 g/mol. The average molecular weight is 405 g/mol. The van der Waals surface area contributed by atoms with Crippen molar-refractivity contribution < 1.29 is 0 Å². The van der Waals surface area contributed by atoms with E-state index >= 15 is 0 Å². The van der Waals surface area contributed by atoms with E-state index in [4.69, 9.17) is 9.97 Å². The Morgan fingerprint density at radius 3 is 2.70 bits per heavy atom. The van der Waals surface area contributed by atoms with Crippen LogP contribution in [0.3, 0.4) is 0 Å². The van der Waals surface area contributed by atoms with E-state index in [0.717, 1.165) is 30.4 Å². The van der Waals surface area contributed by atoms with E-state index in [2.05, 4.69) is 48.7 Å². The lowest BCUT2D eigenvalue weighted by Crippen LogP contribution is -2.10. The van der Waals surface area contributed by atoms with Gasteiger partial charge >= 0.3 is 0 Å². The zero-order chi connectivity index (χ0) is 14.5. The topological polar surface area (TPSA) is 37.8 Å². The lowest BCUT2D eigenvalue weighted by atomic mass is 10.2. The molecule has 1 aliphatic rings. The molecule has 0 radical (unpaired) electrons. The number of nitrogens with zero attached hydrogens (tertiary/aromatic N) is 2. The van der Waals surface area contributed by atoms with Crippen LogP contribution >= 0.6 is 34.4 Å². The van der Waals surface area contributed by atoms with Crippen LogP contribution in [0.15, 0.2) is 0 Å². The number of aromatic nitrogens is 2. The maximum atomic E-state index is 4.83. The number of thioether (sulfide) groups is 1. The number of rotatable bonds is 8. The van der Waals surface area contributed by atoms with Crippen LogP contribution in [0.2, 0.25) is 0 Å². The minimum absolute atomic E-state index is 0.675. The normalized spacial score (nSPS) is 16.2. The van der Waals surface area contributed by atoms with Gasteiger partial charge in [0.05, 0.1) is 15.0 Å². The Morgan fingerprint density at radius 2 is 2.10 bits per heavy atom. The van der Waals surface area contributed by atoms with Crippen LogP contribution in [-0.4, -0.2) is 21.8 Å². The molecule has 0 bridgehead atoms. The molecule has 20 heavy (non-hydrogen) atoms. The van der Waals surface area contributed by atoms with Gasteiger partial charge in [-0.1, -0.05) is 20.8 Å². The lowest BCUT2D eigenvalue weighted by molar-refractivity contribution is 0.884. The summed E-state index contributed by atoms with van der Waals surface area (Å²) in [6, 6.07) is 0. The molecule has 1 unspecified atom stereocenters. The molecule has 5 heteroatoms. The molecule has 1 fully saturated rings. The predicted molar refractivity (Wildman–Crippen MR) is 96.6 cm³/mol. The van der Waals surface area contributed by atoms with E-state index < -0.39 is 0 Å². The van der Waals surface area contributed by atoms with Crippen molar-refractivity contribution in [1.29, 1.82) is 0 Å². The summed E-state index contributed by atoms with van der Waals surface area (Å²) in [5.41, 5.74) is 1.28. The van der Waals surface area contributed by atoms with Gasteiger partial charge in [-0.15, -0.1) is 0 Å². The van der Waals surface area contributed by atoms with Crippen molar-refractivity contribution in [3.63, 3.8) is 0 Å². The van der Waals surface area contributed by atoms with Gasteiger partial charge in [-0.05, 0) is 48.3 Å². The number of anilines is 1. The van der Waals surface area contributed by atoms with Crippen LogP contribution in [0.5, 0.6) is 0 Å². The summed E-state index contributed by atoms with van der Waals surface area (Å²) >= 11 is 4.36. The molecule has 3 nitrogen and oxygen atoms in total. The van der Waals surface area contributed by atoms with Crippen LogP contribution in [0, 0.1) is 3.57 Å². The third-order valence-electron chi connectivity index (χ3n) is 3.50. The van der Waals surface area contributed by atoms with E-state index in [-0.39, 0.29) is 0 Å². The third kappa shape index (κ3) is 4.48. The zero-order valence-corrected chi connectivity index (χ0v) is 15.6. The van der Waals surface area contributed by atoms with Crippen molar-refractivity contribution in [3.05, 3.63) is 15.1 Å². The molecule has 1 saturated carbocycles. The van der Waals surface area contributed by atoms with Gasteiger partial charge in [-0.25, -0.2) is 9.97 Å². The van der Waals surface area contributed by atoms with Gasteiger partial charge < -0.3 is 5.32 Å². The first kappa shape index (κ1) is 16.3. The first-order valence-corrected chi connectivity index (χ1v) is 9.70. The molecule has 1 atom stereocenters. The van der Waals surface area contributed by atoms with Crippen LogP contribution in [0.4, 0.5) is 5.82 Å². The maximum absolute atomic E-state index is 4.83. The van der Waals surface area contributed by atoms with Gasteiger partial charge in [0.15, 0.2) is 0 Å². The second kappa shape index (κ2) is 7.82. The van der Waals surface area contributed by atoms with Crippen LogP contribution in [0.25, 0.3) is 0 Å². The molecule has 0 aromatic carbocycles. The van der Waals surface area contributed by atoms with E-state index in [1.165, 1.54) is 28.5 Å². The summed E-state index contributed by atoms with van der Waals surface area (Å²) < 4.78 is 1.23. The zero-order valence-electron chi connectivity index (χ0n) is 12.6. The van der Waals surface area contributed by atoms with E-state index in [9.17, 15) is 0 Å². The Bertz CT molecular complexity index is 449. The molecule has 0 saturated heterocycles. The highest BCUT2D eigenvalue weighted by Gasteiger charge is 2.29. The molecular formula is C15H24IN3S. The molecule has 0 amide bonds. The van der Waals surface area contributed by atoms with Crippen molar-refractivity contribution in [2.45, 2.75) is 63.4 Å². The summed E-state index contributed by atoms with van der Waals surface area (Å²) in [5, 5.41) is 4.14. The van der Waals surface area contributed by atoms with Gasteiger partial charge in [0.25, 0.3) is 0 Å². The molecule has 2 rings (SSSR count). The van der Waals surface area contributed by atoms with Crippen molar-refractivity contribution in [2.24, 2.45) is 0 Å². The van der Waals surface area contributed by atoms with Gasteiger partial charge in [0.1, 0.15) is 11.6 Å². The molecule has 1 aliphatic carbocycles. The maximum Gasteiger partial charge on any atom is 0.143 e.